The molecule has 1 N–H and O–H groups in total. The highest BCUT2D eigenvalue weighted by atomic mass is 31.2. The van der Waals surface area contributed by atoms with Crippen LogP contribution in [0, 0.1) is 0 Å². The van der Waals surface area contributed by atoms with E-state index in [1.807, 2.05) is 6.92 Å². The van der Waals surface area contributed by atoms with E-state index in [-0.39, 0.29) is 0 Å². The van der Waals surface area contributed by atoms with Crippen molar-refractivity contribution in [2.75, 3.05) is 19.7 Å². The minimum Gasteiger partial charge on any atom is -0.312 e. The molecule has 0 fully saturated rings. The summed E-state index contributed by atoms with van der Waals surface area (Å²) in [5.41, 5.74) is 0. The van der Waals surface area contributed by atoms with Crippen LogP contribution in [0.15, 0.2) is 0 Å². The van der Waals surface area contributed by atoms with Gasteiger partial charge in [0.25, 0.3) is 0 Å². The molecule has 0 aliphatic rings. The molecular formula is C25H54NO3P. The number of nitrogens with zero attached hydrogens (tertiary/aromatic N) is 1. The first-order valence-electron chi connectivity index (χ1n) is 13.3. The fourth-order valence-corrected chi connectivity index (χ4v) is 5.24. The van der Waals surface area contributed by atoms with Crippen LogP contribution in [-0.2, 0) is 9.09 Å². The van der Waals surface area contributed by atoms with Crippen LogP contribution in [0.4, 0.5) is 0 Å². The van der Waals surface area contributed by atoms with Gasteiger partial charge in [-0.05, 0) is 19.3 Å². The highest BCUT2D eigenvalue weighted by Gasteiger charge is 2.28. The highest BCUT2D eigenvalue weighted by Crippen LogP contribution is 2.46. The number of rotatable bonds is 24. The molecule has 0 amide bonds. The summed E-state index contributed by atoms with van der Waals surface area (Å²) in [5, 5.41) is 0. The van der Waals surface area contributed by atoms with E-state index in [1.165, 1.54) is 89.9 Å². The van der Waals surface area contributed by atoms with Crippen LogP contribution >= 0.6 is 7.75 Å². The zero-order valence-electron chi connectivity index (χ0n) is 20.7. The Morgan fingerprint density at radius 3 is 1.23 bits per heavy atom. The van der Waals surface area contributed by atoms with Crippen molar-refractivity contribution in [3.63, 3.8) is 0 Å². The van der Waals surface area contributed by atoms with Gasteiger partial charge in [-0.3, -0.25) is 4.52 Å². The summed E-state index contributed by atoms with van der Waals surface area (Å²) >= 11 is 0. The van der Waals surface area contributed by atoms with Gasteiger partial charge in [0.2, 0.25) is 0 Å². The molecule has 4 nitrogen and oxygen atoms in total. The summed E-state index contributed by atoms with van der Waals surface area (Å²) in [7, 11) is -3.63. The molecule has 0 rings (SSSR count). The molecule has 0 radical (unpaired) electrons. The summed E-state index contributed by atoms with van der Waals surface area (Å²) in [6.07, 6.45) is 23.6. The Morgan fingerprint density at radius 1 is 0.567 bits per heavy atom. The maximum absolute atomic E-state index is 12.7. The Kier molecular flexibility index (Phi) is 22.4. The third-order valence-corrected chi connectivity index (χ3v) is 7.49. The molecule has 0 heterocycles. The maximum atomic E-state index is 12.7. The van der Waals surface area contributed by atoms with Crippen molar-refractivity contribution >= 4 is 7.75 Å². The van der Waals surface area contributed by atoms with Crippen molar-refractivity contribution in [2.45, 2.75) is 143 Å². The van der Waals surface area contributed by atoms with E-state index in [0.717, 1.165) is 32.1 Å². The molecule has 1 atom stereocenters. The van der Waals surface area contributed by atoms with Gasteiger partial charge in [-0.2, -0.15) is 0 Å². The number of hydrogen-bond acceptors (Lipinski definition) is 2. The largest absolute Gasteiger partial charge is 0.405 e. The molecule has 0 saturated heterocycles. The standard InChI is InChI=1S/C25H54NO3P/c1-4-7-9-11-13-15-17-19-21-23-26(30(27,28)29-25-6-3)24-22-20-18-16-14-12-10-8-5-2/h4-25H2,1-3H3,(H,27,28). The zero-order chi connectivity index (χ0) is 22.3. The van der Waals surface area contributed by atoms with Crippen molar-refractivity contribution in [3.8, 4) is 0 Å². The average molecular weight is 448 g/mol. The van der Waals surface area contributed by atoms with Crippen LogP contribution in [0.1, 0.15) is 143 Å². The average Bonchev–Trinajstić information content (AvgIpc) is 2.73. The highest BCUT2D eigenvalue weighted by molar-refractivity contribution is 7.50. The monoisotopic (exact) mass is 447 g/mol. The maximum Gasteiger partial charge on any atom is 0.405 e. The molecule has 0 aromatic rings. The van der Waals surface area contributed by atoms with Crippen LogP contribution in [0.3, 0.4) is 0 Å². The van der Waals surface area contributed by atoms with E-state index in [1.54, 1.807) is 4.67 Å². The number of hydrogen-bond donors (Lipinski definition) is 1. The van der Waals surface area contributed by atoms with Crippen molar-refractivity contribution < 1.29 is 14.0 Å². The van der Waals surface area contributed by atoms with E-state index in [2.05, 4.69) is 13.8 Å². The first kappa shape index (κ1) is 30.1. The van der Waals surface area contributed by atoms with Crippen LogP contribution < -0.4 is 0 Å². The molecule has 0 saturated carbocycles. The van der Waals surface area contributed by atoms with Gasteiger partial charge >= 0.3 is 7.75 Å². The summed E-state index contributed by atoms with van der Waals surface area (Å²) < 4.78 is 19.8. The first-order chi connectivity index (χ1) is 14.6. The molecule has 0 aliphatic carbocycles. The molecule has 0 aromatic heterocycles. The van der Waals surface area contributed by atoms with E-state index in [4.69, 9.17) is 4.52 Å². The van der Waals surface area contributed by atoms with Gasteiger partial charge in [-0.15, -0.1) is 0 Å². The normalized spacial score (nSPS) is 13.8. The predicted molar refractivity (Wildman–Crippen MR) is 132 cm³/mol. The minimum absolute atomic E-state index is 0.361. The number of unbranched alkanes of at least 4 members (excludes halogenated alkanes) is 16. The third-order valence-electron chi connectivity index (χ3n) is 5.86. The van der Waals surface area contributed by atoms with E-state index < -0.39 is 7.75 Å². The lowest BCUT2D eigenvalue weighted by Crippen LogP contribution is -2.24. The van der Waals surface area contributed by atoms with Crippen molar-refractivity contribution in [2.24, 2.45) is 0 Å². The second-order valence-electron chi connectivity index (χ2n) is 8.93. The SMILES string of the molecule is CCCCCCCCCCCN(CCCCCCCCCCC)P(=O)(O)OCCC. The van der Waals surface area contributed by atoms with Gasteiger partial charge in [0, 0.05) is 13.1 Å². The molecule has 1 unspecified atom stereocenters. The Balaban J connectivity index is 4.02. The lowest BCUT2D eigenvalue weighted by molar-refractivity contribution is 0.197. The zero-order valence-corrected chi connectivity index (χ0v) is 21.6. The molecule has 182 valence electrons. The topological polar surface area (TPSA) is 49.8 Å². The predicted octanol–water partition coefficient (Wildman–Crippen LogP) is 8.88. The quantitative estimate of drug-likeness (QED) is 0.118. The van der Waals surface area contributed by atoms with Gasteiger partial charge < -0.3 is 4.89 Å². The van der Waals surface area contributed by atoms with Gasteiger partial charge in [0.15, 0.2) is 0 Å². The Bertz CT molecular complexity index is 371. The van der Waals surface area contributed by atoms with Gasteiger partial charge in [0.05, 0.1) is 6.61 Å². The molecule has 0 aliphatic heterocycles. The van der Waals surface area contributed by atoms with E-state index in [0.29, 0.717) is 19.7 Å². The van der Waals surface area contributed by atoms with Gasteiger partial charge in [0.1, 0.15) is 0 Å². The van der Waals surface area contributed by atoms with Crippen molar-refractivity contribution in [3.05, 3.63) is 0 Å². The molecule has 0 spiro atoms. The van der Waals surface area contributed by atoms with Gasteiger partial charge in [-0.25, -0.2) is 9.24 Å². The molecule has 0 aromatic carbocycles. The van der Waals surface area contributed by atoms with Crippen LogP contribution in [-0.4, -0.2) is 29.3 Å². The lowest BCUT2D eigenvalue weighted by Gasteiger charge is -2.26. The summed E-state index contributed by atoms with van der Waals surface area (Å²) in [5.74, 6) is 0. The lowest BCUT2D eigenvalue weighted by atomic mass is 10.1. The van der Waals surface area contributed by atoms with Crippen molar-refractivity contribution in [1.82, 2.24) is 4.67 Å². The summed E-state index contributed by atoms with van der Waals surface area (Å²) in [6.45, 7) is 8.22. The van der Waals surface area contributed by atoms with Crippen LogP contribution in [0.25, 0.3) is 0 Å². The van der Waals surface area contributed by atoms with Crippen LogP contribution in [0.2, 0.25) is 0 Å². The molecular weight excluding hydrogens is 393 g/mol. The van der Waals surface area contributed by atoms with Crippen LogP contribution in [0.5, 0.6) is 0 Å². The van der Waals surface area contributed by atoms with Gasteiger partial charge in [-0.1, -0.05) is 124 Å². The Hall–Kier alpha value is 0.110. The Morgan fingerprint density at radius 2 is 0.900 bits per heavy atom. The fourth-order valence-electron chi connectivity index (χ4n) is 3.87. The minimum atomic E-state index is -3.63. The Labute approximate surface area is 189 Å². The first-order valence-corrected chi connectivity index (χ1v) is 14.8. The summed E-state index contributed by atoms with van der Waals surface area (Å²) in [6, 6.07) is 0. The fraction of sp³-hybridized carbons (Fsp3) is 1.00. The van der Waals surface area contributed by atoms with Crippen molar-refractivity contribution in [1.29, 1.82) is 0 Å². The van der Waals surface area contributed by atoms with E-state index >= 15 is 0 Å². The van der Waals surface area contributed by atoms with E-state index in [9.17, 15) is 9.46 Å². The molecule has 0 bridgehead atoms. The second kappa shape index (κ2) is 22.3. The smallest absolute Gasteiger partial charge is 0.312 e. The third kappa shape index (κ3) is 18.8. The molecule has 5 heteroatoms. The second-order valence-corrected chi connectivity index (χ2v) is 10.7. The molecule has 30 heavy (non-hydrogen) atoms. The summed E-state index contributed by atoms with van der Waals surface area (Å²) in [4.78, 5) is 10.4.